The van der Waals surface area contributed by atoms with E-state index in [2.05, 4.69) is 19.9 Å². The van der Waals surface area contributed by atoms with E-state index in [1.807, 2.05) is 37.3 Å². The van der Waals surface area contributed by atoms with Crippen LogP contribution in [0.4, 0.5) is 0 Å². The Bertz CT molecular complexity index is 403. The summed E-state index contributed by atoms with van der Waals surface area (Å²) in [5, 5.41) is 9.14. The van der Waals surface area contributed by atoms with Crippen LogP contribution >= 0.6 is 0 Å². The molecule has 0 bridgehead atoms. The van der Waals surface area contributed by atoms with Crippen molar-refractivity contribution in [1.29, 1.82) is 5.26 Å². The van der Waals surface area contributed by atoms with Crippen molar-refractivity contribution in [3.05, 3.63) is 35.9 Å². The summed E-state index contributed by atoms with van der Waals surface area (Å²) in [6.07, 6.45) is 0.774. The van der Waals surface area contributed by atoms with Crippen LogP contribution in [0, 0.1) is 29.1 Å². The van der Waals surface area contributed by atoms with Gasteiger partial charge in [-0.2, -0.15) is 5.26 Å². The van der Waals surface area contributed by atoms with E-state index in [0.717, 1.165) is 6.42 Å². The fourth-order valence-corrected chi connectivity index (χ4v) is 1.92. The summed E-state index contributed by atoms with van der Waals surface area (Å²) in [4.78, 5) is 12.2. The smallest absolute Gasteiger partial charge is 0.166 e. The molecule has 0 aromatic heterocycles. The second kappa shape index (κ2) is 6.20. The molecule has 0 saturated carbocycles. The van der Waals surface area contributed by atoms with Crippen LogP contribution in [-0.2, 0) is 0 Å². The molecular formula is C15H19NO. The molecule has 0 heterocycles. The van der Waals surface area contributed by atoms with Crippen LogP contribution in [0.3, 0.4) is 0 Å². The topological polar surface area (TPSA) is 40.9 Å². The van der Waals surface area contributed by atoms with Crippen molar-refractivity contribution >= 4 is 5.78 Å². The highest BCUT2D eigenvalue weighted by atomic mass is 16.1. The van der Waals surface area contributed by atoms with Gasteiger partial charge in [-0.05, 0) is 12.3 Å². The first kappa shape index (κ1) is 13.4. The van der Waals surface area contributed by atoms with Gasteiger partial charge in [0.2, 0.25) is 0 Å². The average molecular weight is 229 g/mol. The molecule has 2 unspecified atom stereocenters. The van der Waals surface area contributed by atoms with Crippen molar-refractivity contribution < 1.29 is 4.79 Å². The van der Waals surface area contributed by atoms with Crippen molar-refractivity contribution in [1.82, 2.24) is 0 Å². The summed E-state index contributed by atoms with van der Waals surface area (Å²) in [6.45, 7) is 6.00. The SMILES string of the molecule is CC(C)CC(C#N)C(C)C(=O)c1ccccc1. The zero-order chi connectivity index (χ0) is 12.8. The molecule has 0 aliphatic carbocycles. The normalized spacial score (nSPS) is 14.1. The summed E-state index contributed by atoms with van der Waals surface area (Å²) in [5.74, 6) is 0.0796. The second-order valence-electron chi connectivity index (χ2n) is 4.88. The molecule has 0 N–H and O–H groups in total. The first-order valence-corrected chi connectivity index (χ1v) is 6.05. The molecule has 0 radical (unpaired) electrons. The van der Waals surface area contributed by atoms with Crippen LogP contribution in [0.1, 0.15) is 37.6 Å². The van der Waals surface area contributed by atoms with Crippen LogP contribution in [0.2, 0.25) is 0 Å². The van der Waals surface area contributed by atoms with E-state index in [4.69, 9.17) is 5.26 Å². The van der Waals surface area contributed by atoms with Crippen LogP contribution < -0.4 is 0 Å². The Labute approximate surface area is 103 Å². The minimum Gasteiger partial charge on any atom is -0.294 e. The third kappa shape index (κ3) is 3.71. The Morgan fingerprint density at radius 1 is 1.24 bits per heavy atom. The molecule has 0 fully saturated rings. The summed E-state index contributed by atoms with van der Waals surface area (Å²) in [6, 6.07) is 11.5. The number of carbonyl (C=O) groups is 1. The fraction of sp³-hybridized carbons (Fsp3) is 0.467. The van der Waals surface area contributed by atoms with E-state index in [9.17, 15) is 4.79 Å². The molecular weight excluding hydrogens is 210 g/mol. The monoisotopic (exact) mass is 229 g/mol. The van der Waals surface area contributed by atoms with Gasteiger partial charge in [-0.15, -0.1) is 0 Å². The maximum absolute atomic E-state index is 12.2. The molecule has 2 nitrogen and oxygen atoms in total. The molecule has 0 spiro atoms. The van der Waals surface area contributed by atoms with Gasteiger partial charge in [0.05, 0.1) is 12.0 Å². The molecule has 2 atom stereocenters. The molecule has 1 rings (SSSR count). The standard InChI is InChI=1S/C15H19NO/c1-11(2)9-14(10-16)12(3)15(17)13-7-5-4-6-8-13/h4-8,11-12,14H,9H2,1-3H3. The number of rotatable bonds is 5. The van der Waals surface area contributed by atoms with Crippen molar-refractivity contribution in [3.8, 4) is 6.07 Å². The van der Waals surface area contributed by atoms with Gasteiger partial charge in [0.25, 0.3) is 0 Å². The summed E-state index contributed by atoms with van der Waals surface area (Å²) in [5.41, 5.74) is 0.698. The van der Waals surface area contributed by atoms with E-state index >= 15 is 0 Å². The second-order valence-corrected chi connectivity index (χ2v) is 4.88. The average Bonchev–Trinajstić information content (AvgIpc) is 2.35. The number of hydrogen-bond acceptors (Lipinski definition) is 2. The van der Waals surface area contributed by atoms with Crippen LogP contribution in [-0.4, -0.2) is 5.78 Å². The predicted octanol–water partition coefficient (Wildman–Crippen LogP) is 3.69. The predicted molar refractivity (Wildman–Crippen MR) is 68.5 cm³/mol. The maximum Gasteiger partial charge on any atom is 0.166 e. The number of nitriles is 1. The first-order chi connectivity index (χ1) is 8.06. The molecule has 0 saturated heterocycles. The van der Waals surface area contributed by atoms with Crippen molar-refractivity contribution in [3.63, 3.8) is 0 Å². The Morgan fingerprint density at radius 3 is 2.29 bits per heavy atom. The lowest BCUT2D eigenvalue weighted by Crippen LogP contribution is -2.21. The van der Waals surface area contributed by atoms with E-state index in [1.165, 1.54) is 0 Å². The Hall–Kier alpha value is -1.62. The Morgan fingerprint density at radius 2 is 1.82 bits per heavy atom. The molecule has 1 aromatic rings. The number of benzene rings is 1. The Kier molecular flexibility index (Phi) is 4.90. The van der Waals surface area contributed by atoms with Crippen LogP contribution in [0.5, 0.6) is 0 Å². The number of carbonyl (C=O) groups excluding carboxylic acids is 1. The number of hydrogen-bond donors (Lipinski definition) is 0. The lowest BCUT2D eigenvalue weighted by Gasteiger charge is -2.18. The highest BCUT2D eigenvalue weighted by molar-refractivity contribution is 5.97. The van der Waals surface area contributed by atoms with Gasteiger partial charge in [0, 0.05) is 11.5 Å². The zero-order valence-corrected chi connectivity index (χ0v) is 10.7. The molecule has 90 valence electrons. The van der Waals surface area contributed by atoms with E-state index < -0.39 is 0 Å². The molecule has 0 aliphatic heterocycles. The third-order valence-corrected chi connectivity index (χ3v) is 2.97. The van der Waals surface area contributed by atoms with Crippen LogP contribution in [0.15, 0.2) is 30.3 Å². The highest BCUT2D eigenvalue weighted by Gasteiger charge is 2.25. The zero-order valence-electron chi connectivity index (χ0n) is 10.7. The maximum atomic E-state index is 12.2. The fourth-order valence-electron chi connectivity index (χ4n) is 1.92. The van der Waals surface area contributed by atoms with E-state index in [0.29, 0.717) is 11.5 Å². The van der Waals surface area contributed by atoms with Crippen LogP contribution in [0.25, 0.3) is 0 Å². The molecule has 0 aliphatic rings. The largest absolute Gasteiger partial charge is 0.294 e. The summed E-state index contributed by atoms with van der Waals surface area (Å²) in [7, 11) is 0. The summed E-state index contributed by atoms with van der Waals surface area (Å²) >= 11 is 0. The van der Waals surface area contributed by atoms with Crippen molar-refractivity contribution in [2.45, 2.75) is 27.2 Å². The van der Waals surface area contributed by atoms with Crippen molar-refractivity contribution in [2.24, 2.45) is 17.8 Å². The lowest BCUT2D eigenvalue weighted by molar-refractivity contribution is 0.0898. The first-order valence-electron chi connectivity index (χ1n) is 6.05. The summed E-state index contributed by atoms with van der Waals surface area (Å²) < 4.78 is 0. The number of Topliss-reactive ketones (excluding diaryl/α,β-unsaturated/α-hetero) is 1. The lowest BCUT2D eigenvalue weighted by atomic mass is 9.83. The minimum absolute atomic E-state index is 0.0674. The Balaban J connectivity index is 2.79. The van der Waals surface area contributed by atoms with Gasteiger partial charge in [-0.1, -0.05) is 51.1 Å². The molecule has 2 heteroatoms. The highest BCUT2D eigenvalue weighted by Crippen LogP contribution is 2.23. The van der Waals surface area contributed by atoms with Gasteiger partial charge >= 0.3 is 0 Å². The molecule has 1 aromatic carbocycles. The van der Waals surface area contributed by atoms with Gasteiger partial charge in [0.15, 0.2) is 5.78 Å². The van der Waals surface area contributed by atoms with E-state index in [-0.39, 0.29) is 17.6 Å². The molecule has 17 heavy (non-hydrogen) atoms. The van der Waals surface area contributed by atoms with Crippen molar-refractivity contribution in [2.75, 3.05) is 0 Å². The quantitative estimate of drug-likeness (QED) is 0.722. The minimum atomic E-state index is -0.232. The van der Waals surface area contributed by atoms with Gasteiger partial charge in [0.1, 0.15) is 0 Å². The molecule has 0 amide bonds. The van der Waals surface area contributed by atoms with Gasteiger partial charge < -0.3 is 0 Å². The van der Waals surface area contributed by atoms with Gasteiger partial charge in [-0.3, -0.25) is 4.79 Å². The van der Waals surface area contributed by atoms with E-state index in [1.54, 1.807) is 0 Å². The third-order valence-electron chi connectivity index (χ3n) is 2.97. The number of nitrogens with zero attached hydrogens (tertiary/aromatic N) is 1. The van der Waals surface area contributed by atoms with Gasteiger partial charge in [-0.25, -0.2) is 0 Å². The number of ketones is 1.